The van der Waals surface area contributed by atoms with Crippen LogP contribution in [0, 0.1) is 11.7 Å². The second-order valence-corrected chi connectivity index (χ2v) is 8.14. The number of sulfonamides is 1. The van der Waals surface area contributed by atoms with Gasteiger partial charge in [0.05, 0.1) is 7.11 Å². The lowest BCUT2D eigenvalue weighted by atomic mass is 9.95. The Labute approximate surface area is 134 Å². The molecule has 8 heteroatoms. The minimum absolute atomic E-state index is 0.0592. The van der Waals surface area contributed by atoms with Crippen LogP contribution in [-0.2, 0) is 14.8 Å². The summed E-state index contributed by atoms with van der Waals surface area (Å²) in [5.74, 6) is -1.86. The molecule has 0 saturated carbocycles. The van der Waals surface area contributed by atoms with Crippen LogP contribution in [0.4, 0.5) is 4.39 Å². The normalized spacial score (nSPS) is 21.3. The lowest BCUT2D eigenvalue weighted by Gasteiger charge is -2.30. The highest BCUT2D eigenvalue weighted by atomic mass is 32.2. The summed E-state index contributed by atoms with van der Waals surface area (Å²) in [5, 5.41) is 8.93. The molecule has 1 aliphatic rings. The molecule has 2 rings (SSSR count). The van der Waals surface area contributed by atoms with Crippen molar-refractivity contribution in [1.29, 1.82) is 0 Å². The van der Waals surface area contributed by atoms with Crippen LogP contribution in [0.3, 0.4) is 0 Å². The summed E-state index contributed by atoms with van der Waals surface area (Å²) < 4.78 is 45.7. The van der Waals surface area contributed by atoms with Crippen molar-refractivity contribution in [2.24, 2.45) is 5.92 Å². The highest BCUT2D eigenvalue weighted by Gasteiger charge is 2.46. The molecule has 23 heavy (non-hydrogen) atoms. The number of rotatable bonds is 5. The van der Waals surface area contributed by atoms with E-state index in [0.717, 1.165) is 12.1 Å². The zero-order valence-electron chi connectivity index (χ0n) is 13.2. The van der Waals surface area contributed by atoms with Gasteiger partial charge in [0.1, 0.15) is 16.5 Å². The van der Waals surface area contributed by atoms with Crippen LogP contribution in [0.25, 0.3) is 0 Å². The Balaban J connectivity index is 2.43. The van der Waals surface area contributed by atoms with Gasteiger partial charge >= 0.3 is 5.97 Å². The highest BCUT2D eigenvalue weighted by Crippen LogP contribution is 2.40. The highest BCUT2D eigenvalue weighted by molar-refractivity contribution is 7.89. The van der Waals surface area contributed by atoms with Gasteiger partial charge in [0.2, 0.25) is 10.0 Å². The number of hydrogen-bond donors (Lipinski definition) is 1. The summed E-state index contributed by atoms with van der Waals surface area (Å²) >= 11 is 0. The van der Waals surface area contributed by atoms with Crippen LogP contribution in [0.1, 0.15) is 26.7 Å². The summed E-state index contributed by atoms with van der Waals surface area (Å²) in [6.45, 7) is 3.55. The quantitative estimate of drug-likeness (QED) is 0.883. The van der Waals surface area contributed by atoms with Gasteiger partial charge in [-0.15, -0.1) is 0 Å². The van der Waals surface area contributed by atoms with E-state index in [1.807, 2.05) is 0 Å². The minimum atomic E-state index is -4.00. The fourth-order valence-corrected chi connectivity index (χ4v) is 5.17. The summed E-state index contributed by atoms with van der Waals surface area (Å²) in [6.07, 6.45) is 0.325. The molecule has 0 aliphatic carbocycles. The van der Waals surface area contributed by atoms with Crippen molar-refractivity contribution >= 4 is 16.0 Å². The number of methoxy groups -OCH3 is 1. The molecule has 1 unspecified atom stereocenters. The van der Waals surface area contributed by atoms with E-state index in [2.05, 4.69) is 0 Å². The third kappa shape index (κ3) is 3.48. The van der Waals surface area contributed by atoms with Gasteiger partial charge in [-0.05, 0) is 44.4 Å². The summed E-state index contributed by atoms with van der Waals surface area (Å²) in [4.78, 5) is 10.7. The van der Waals surface area contributed by atoms with Crippen LogP contribution in [0.15, 0.2) is 23.1 Å². The Morgan fingerprint density at radius 1 is 1.48 bits per heavy atom. The minimum Gasteiger partial charge on any atom is -0.495 e. The van der Waals surface area contributed by atoms with Gasteiger partial charge in [-0.25, -0.2) is 12.8 Å². The molecule has 1 N–H and O–H groups in total. The first-order chi connectivity index (χ1) is 10.6. The van der Waals surface area contributed by atoms with Crippen molar-refractivity contribution in [1.82, 2.24) is 4.31 Å². The van der Waals surface area contributed by atoms with Crippen molar-refractivity contribution in [2.45, 2.75) is 37.1 Å². The number of nitrogens with zero attached hydrogens (tertiary/aromatic N) is 1. The largest absolute Gasteiger partial charge is 0.495 e. The number of carboxylic acids is 1. The number of carbonyl (C=O) groups is 1. The first kappa shape index (κ1) is 17.7. The molecule has 1 saturated heterocycles. The molecular weight excluding hydrogens is 325 g/mol. The molecule has 1 heterocycles. The molecule has 1 atom stereocenters. The van der Waals surface area contributed by atoms with Crippen LogP contribution in [-0.4, -0.2) is 43.0 Å². The van der Waals surface area contributed by atoms with Crippen LogP contribution >= 0.6 is 0 Å². The molecule has 0 amide bonds. The standard InChI is InChI=1S/C15H20FNO5S/c1-15(2)8-10(6-14(18)19)9-17(15)23(20,21)13-7-11(16)4-5-12(13)22-3/h4-5,7,10H,6,8-9H2,1-3H3,(H,18,19). The number of aliphatic carboxylic acids is 1. The fourth-order valence-electron chi connectivity index (χ4n) is 3.13. The predicted octanol–water partition coefficient (Wildman–Crippen LogP) is 2.10. The lowest BCUT2D eigenvalue weighted by molar-refractivity contribution is -0.138. The van der Waals surface area contributed by atoms with Crippen molar-refractivity contribution in [3.63, 3.8) is 0 Å². The molecule has 0 aromatic heterocycles. The number of halogens is 1. The first-order valence-corrected chi connectivity index (χ1v) is 8.60. The second kappa shape index (κ2) is 6.09. The van der Waals surface area contributed by atoms with Gasteiger partial charge in [0, 0.05) is 18.5 Å². The van der Waals surface area contributed by atoms with Gasteiger partial charge in [-0.1, -0.05) is 0 Å². The summed E-state index contributed by atoms with van der Waals surface area (Å²) in [5.41, 5.74) is -0.754. The van der Waals surface area contributed by atoms with E-state index in [-0.39, 0.29) is 29.5 Å². The van der Waals surface area contributed by atoms with Crippen molar-refractivity contribution in [2.75, 3.05) is 13.7 Å². The molecule has 128 valence electrons. The van der Waals surface area contributed by atoms with E-state index < -0.39 is 27.3 Å². The number of benzene rings is 1. The Hall–Kier alpha value is -1.67. The Morgan fingerprint density at radius 2 is 2.13 bits per heavy atom. The molecule has 0 bridgehead atoms. The lowest BCUT2D eigenvalue weighted by Crippen LogP contribution is -2.42. The molecule has 0 radical (unpaired) electrons. The Bertz CT molecular complexity index is 717. The molecular formula is C15H20FNO5S. The maximum Gasteiger partial charge on any atom is 0.303 e. The monoisotopic (exact) mass is 345 g/mol. The van der Waals surface area contributed by atoms with E-state index >= 15 is 0 Å². The molecule has 1 aliphatic heterocycles. The topological polar surface area (TPSA) is 83.9 Å². The van der Waals surface area contributed by atoms with Gasteiger partial charge in [-0.3, -0.25) is 4.79 Å². The average Bonchev–Trinajstić information content (AvgIpc) is 2.73. The Morgan fingerprint density at radius 3 is 2.70 bits per heavy atom. The first-order valence-electron chi connectivity index (χ1n) is 7.16. The van der Waals surface area contributed by atoms with Gasteiger partial charge in [0.15, 0.2) is 0 Å². The number of hydrogen-bond acceptors (Lipinski definition) is 4. The SMILES string of the molecule is COc1ccc(F)cc1S(=O)(=O)N1CC(CC(=O)O)CC1(C)C. The number of carboxylic acid groups (broad SMARTS) is 1. The number of ether oxygens (including phenoxy) is 1. The van der Waals surface area contributed by atoms with Gasteiger partial charge in [-0.2, -0.15) is 4.31 Å². The molecule has 1 aromatic rings. The zero-order chi connectivity index (χ0) is 17.4. The van der Waals surface area contributed by atoms with Crippen LogP contribution in [0.2, 0.25) is 0 Å². The van der Waals surface area contributed by atoms with Crippen molar-refractivity contribution in [3.05, 3.63) is 24.0 Å². The Kier molecular flexibility index (Phi) is 4.68. The third-order valence-corrected chi connectivity index (χ3v) is 6.14. The maximum absolute atomic E-state index is 13.5. The van der Waals surface area contributed by atoms with Crippen molar-refractivity contribution in [3.8, 4) is 5.75 Å². The third-order valence-electron chi connectivity index (χ3n) is 4.04. The van der Waals surface area contributed by atoms with Crippen LogP contribution < -0.4 is 4.74 Å². The molecule has 1 aromatic carbocycles. The van der Waals surface area contributed by atoms with E-state index in [4.69, 9.17) is 9.84 Å². The maximum atomic E-state index is 13.5. The van der Waals surface area contributed by atoms with E-state index in [9.17, 15) is 17.6 Å². The molecule has 0 spiro atoms. The van der Waals surface area contributed by atoms with Gasteiger partial charge in [0.25, 0.3) is 0 Å². The van der Waals surface area contributed by atoms with E-state index in [1.54, 1.807) is 13.8 Å². The van der Waals surface area contributed by atoms with E-state index in [1.165, 1.54) is 17.5 Å². The van der Waals surface area contributed by atoms with E-state index in [0.29, 0.717) is 6.42 Å². The smallest absolute Gasteiger partial charge is 0.303 e. The summed E-state index contributed by atoms with van der Waals surface area (Å²) in [6, 6.07) is 3.31. The summed E-state index contributed by atoms with van der Waals surface area (Å²) in [7, 11) is -2.69. The second-order valence-electron chi connectivity index (χ2n) is 6.31. The fraction of sp³-hybridized carbons (Fsp3) is 0.533. The van der Waals surface area contributed by atoms with Crippen molar-refractivity contribution < 1.29 is 27.4 Å². The van der Waals surface area contributed by atoms with Gasteiger partial charge < -0.3 is 9.84 Å². The predicted molar refractivity (Wildman–Crippen MR) is 81.3 cm³/mol. The van der Waals surface area contributed by atoms with Crippen LogP contribution in [0.5, 0.6) is 5.75 Å². The average molecular weight is 345 g/mol. The molecule has 1 fully saturated rings. The molecule has 6 nitrogen and oxygen atoms in total. The zero-order valence-corrected chi connectivity index (χ0v) is 14.1.